The first-order chi connectivity index (χ1) is 8.67. The van der Waals surface area contributed by atoms with Gasteiger partial charge in [-0.25, -0.2) is 0 Å². The van der Waals surface area contributed by atoms with E-state index in [4.69, 9.17) is 9.84 Å². The van der Waals surface area contributed by atoms with Gasteiger partial charge in [0, 0.05) is 11.2 Å². The number of hydrogen-bond acceptors (Lipinski definition) is 4. The Labute approximate surface area is 109 Å². The van der Waals surface area contributed by atoms with E-state index in [1.54, 1.807) is 7.11 Å². The molecule has 0 aliphatic rings. The van der Waals surface area contributed by atoms with Gasteiger partial charge in [-0.05, 0) is 36.1 Å². The normalized spacial score (nSPS) is 10.6. The number of thiophene rings is 1. The molecule has 0 atom stereocenters. The van der Waals surface area contributed by atoms with E-state index < -0.39 is 0 Å². The van der Waals surface area contributed by atoms with E-state index >= 15 is 0 Å². The van der Waals surface area contributed by atoms with Crippen LogP contribution in [0.5, 0.6) is 5.75 Å². The molecule has 0 aliphatic heterocycles. The molecule has 0 unspecified atom stereocenters. The maximum atomic E-state index is 11.9. The molecule has 1 heterocycles. The van der Waals surface area contributed by atoms with Crippen LogP contribution in [0.4, 0.5) is 0 Å². The zero-order valence-electron chi connectivity index (χ0n) is 10.3. The quantitative estimate of drug-likeness (QED) is 0.888. The molecule has 0 bridgehead atoms. The number of aliphatic hydroxyl groups is 1. The molecule has 0 radical (unpaired) electrons. The third kappa shape index (κ3) is 2.32. The molecule has 1 aromatic carbocycles. The van der Waals surface area contributed by atoms with Crippen LogP contribution in [0, 0.1) is 6.92 Å². The second kappa shape index (κ2) is 5.37. The lowest BCUT2D eigenvalue weighted by atomic mass is 10.1. The minimum Gasteiger partial charge on any atom is -0.497 e. The summed E-state index contributed by atoms with van der Waals surface area (Å²) in [6.45, 7) is 2.14. The molecule has 0 saturated carbocycles. The van der Waals surface area contributed by atoms with Crippen molar-refractivity contribution in [2.45, 2.75) is 6.92 Å². The van der Waals surface area contributed by atoms with Crippen LogP contribution in [0.3, 0.4) is 0 Å². The number of hydrogen-bond donors (Lipinski definition) is 2. The van der Waals surface area contributed by atoms with Gasteiger partial charge in [0.2, 0.25) is 0 Å². The molecule has 96 valence electrons. The van der Waals surface area contributed by atoms with Crippen LogP contribution in [-0.2, 0) is 0 Å². The molecule has 0 spiro atoms. The van der Waals surface area contributed by atoms with Gasteiger partial charge in [-0.3, -0.25) is 4.79 Å². The fourth-order valence-electron chi connectivity index (χ4n) is 1.79. The van der Waals surface area contributed by atoms with Crippen molar-refractivity contribution in [3.8, 4) is 5.75 Å². The van der Waals surface area contributed by atoms with Gasteiger partial charge < -0.3 is 15.2 Å². The summed E-state index contributed by atoms with van der Waals surface area (Å²) >= 11 is 1.45. The lowest BCUT2D eigenvalue weighted by Crippen LogP contribution is -2.26. The Balaban J connectivity index is 2.41. The number of fused-ring (bicyclic) bond motifs is 1. The summed E-state index contributed by atoms with van der Waals surface area (Å²) in [5, 5.41) is 12.4. The van der Waals surface area contributed by atoms with Crippen LogP contribution in [-0.4, -0.2) is 31.3 Å². The second-order valence-corrected chi connectivity index (χ2v) is 4.95. The largest absolute Gasteiger partial charge is 0.497 e. The number of methoxy groups -OCH3 is 1. The highest BCUT2D eigenvalue weighted by molar-refractivity contribution is 7.21. The lowest BCUT2D eigenvalue weighted by molar-refractivity contribution is 0.0948. The zero-order valence-corrected chi connectivity index (χ0v) is 11.1. The standard InChI is InChI=1S/C13H15NO3S/c1-8-10-7-9(17-2)3-4-11(10)18-12(8)13(16)14-5-6-15/h3-4,7,15H,5-6H2,1-2H3,(H,14,16). The maximum absolute atomic E-state index is 11.9. The molecular formula is C13H15NO3S. The predicted molar refractivity (Wildman–Crippen MR) is 72.5 cm³/mol. The topological polar surface area (TPSA) is 58.6 Å². The number of benzene rings is 1. The van der Waals surface area contributed by atoms with E-state index in [9.17, 15) is 4.79 Å². The molecule has 1 amide bonds. The van der Waals surface area contributed by atoms with Gasteiger partial charge in [0.15, 0.2) is 0 Å². The molecule has 18 heavy (non-hydrogen) atoms. The van der Waals surface area contributed by atoms with Gasteiger partial charge in [0.05, 0.1) is 18.6 Å². The number of nitrogens with one attached hydrogen (secondary N) is 1. The average molecular weight is 265 g/mol. The highest BCUT2D eigenvalue weighted by Gasteiger charge is 2.15. The van der Waals surface area contributed by atoms with Crippen molar-refractivity contribution in [2.24, 2.45) is 0 Å². The second-order valence-electron chi connectivity index (χ2n) is 3.90. The molecular weight excluding hydrogens is 250 g/mol. The minimum absolute atomic E-state index is 0.0521. The number of rotatable bonds is 4. The summed E-state index contributed by atoms with van der Waals surface area (Å²) < 4.78 is 6.24. The van der Waals surface area contributed by atoms with Crippen molar-refractivity contribution < 1.29 is 14.6 Å². The van der Waals surface area contributed by atoms with Crippen LogP contribution in [0.2, 0.25) is 0 Å². The Bertz CT molecular complexity index is 577. The Morgan fingerprint density at radius 2 is 2.28 bits per heavy atom. The number of carbonyl (C=O) groups excluding carboxylic acids is 1. The van der Waals surface area contributed by atoms with Crippen molar-refractivity contribution in [3.05, 3.63) is 28.6 Å². The fraction of sp³-hybridized carbons (Fsp3) is 0.308. The molecule has 4 nitrogen and oxygen atoms in total. The van der Waals surface area contributed by atoms with E-state index in [1.165, 1.54) is 11.3 Å². The molecule has 0 fully saturated rings. The summed E-state index contributed by atoms with van der Waals surface area (Å²) in [5.41, 5.74) is 0.948. The van der Waals surface area contributed by atoms with Gasteiger partial charge in [0.25, 0.3) is 5.91 Å². The van der Waals surface area contributed by atoms with Gasteiger partial charge in [0.1, 0.15) is 5.75 Å². The van der Waals surface area contributed by atoms with Gasteiger partial charge in [-0.15, -0.1) is 11.3 Å². The molecule has 0 aliphatic carbocycles. The van der Waals surface area contributed by atoms with Gasteiger partial charge >= 0.3 is 0 Å². The van der Waals surface area contributed by atoms with E-state index in [0.29, 0.717) is 4.88 Å². The monoisotopic (exact) mass is 265 g/mol. The Morgan fingerprint density at radius 1 is 1.50 bits per heavy atom. The molecule has 0 saturated heterocycles. The number of amides is 1. The van der Waals surface area contributed by atoms with Crippen molar-refractivity contribution in [1.82, 2.24) is 5.32 Å². The van der Waals surface area contributed by atoms with Crippen LogP contribution < -0.4 is 10.1 Å². The number of carbonyl (C=O) groups is 1. The maximum Gasteiger partial charge on any atom is 0.261 e. The Kier molecular flexibility index (Phi) is 3.84. The van der Waals surface area contributed by atoms with Crippen LogP contribution in [0.15, 0.2) is 18.2 Å². The Morgan fingerprint density at radius 3 is 2.94 bits per heavy atom. The third-order valence-electron chi connectivity index (χ3n) is 2.75. The molecule has 2 aromatic rings. The van der Waals surface area contributed by atoms with Crippen molar-refractivity contribution in [3.63, 3.8) is 0 Å². The van der Waals surface area contributed by atoms with Crippen LogP contribution >= 0.6 is 11.3 Å². The number of aryl methyl sites for hydroxylation is 1. The average Bonchev–Trinajstić information content (AvgIpc) is 2.73. The van der Waals surface area contributed by atoms with E-state index in [1.807, 2.05) is 25.1 Å². The van der Waals surface area contributed by atoms with E-state index in [0.717, 1.165) is 21.4 Å². The first-order valence-corrected chi connectivity index (χ1v) is 6.45. The predicted octanol–water partition coefficient (Wildman–Crippen LogP) is 1.94. The van der Waals surface area contributed by atoms with Gasteiger partial charge in [-0.2, -0.15) is 0 Å². The molecule has 2 rings (SSSR count). The van der Waals surface area contributed by atoms with E-state index in [2.05, 4.69) is 5.32 Å². The summed E-state index contributed by atoms with van der Waals surface area (Å²) in [4.78, 5) is 12.6. The first kappa shape index (κ1) is 12.9. The van der Waals surface area contributed by atoms with Crippen LogP contribution in [0.1, 0.15) is 15.2 Å². The third-order valence-corrected chi connectivity index (χ3v) is 4.02. The van der Waals surface area contributed by atoms with Crippen molar-refractivity contribution >= 4 is 27.3 Å². The highest BCUT2D eigenvalue weighted by atomic mass is 32.1. The molecule has 2 N–H and O–H groups in total. The minimum atomic E-state index is -0.137. The lowest BCUT2D eigenvalue weighted by Gasteiger charge is -2.01. The first-order valence-electron chi connectivity index (χ1n) is 5.63. The smallest absolute Gasteiger partial charge is 0.261 e. The van der Waals surface area contributed by atoms with Crippen molar-refractivity contribution in [1.29, 1.82) is 0 Å². The van der Waals surface area contributed by atoms with Gasteiger partial charge in [-0.1, -0.05) is 0 Å². The molecule has 1 aromatic heterocycles. The highest BCUT2D eigenvalue weighted by Crippen LogP contribution is 2.33. The van der Waals surface area contributed by atoms with Crippen LogP contribution in [0.25, 0.3) is 10.1 Å². The summed E-state index contributed by atoms with van der Waals surface area (Å²) in [6.07, 6.45) is 0. The zero-order chi connectivity index (χ0) is 13.1. The number of ether oxygens (including phenoxy) is 1. The summed E-state index contributed by atoms with van der Waals surface area (Å²) in [7, 11) is 1.62. The summed E-state index contributed by atoms with van der Waals surface area (Å²) in [5.74, 6) is 0.646. The SMILES string of the molecule is COc1ccc2sc(C(=O)NCCO)c(C)c2c1. The number of aliphatic hydroxyl groups excluding tert-OH is 1. The Hall–Kier alpha value is -1.59. The van der Waals surface area contributed by atoms with Crippen molar-refractivity contribution in [2.75, 3.05) is 20.3 Å². The van der Waals surface area contributed by atoms with E-state index in [-0.39, 0.29) is 19.1 Å². The molecule has 5 heteroatoms. The summed E-state index contributed by atoms with van der Waals surface area (Å²) in [6, 6.07) is 5.77. The fourth-order valence-corrected chi connectivity index (χ4v) is 2.90.